The number of ether oxygens (including phenoxy) is 1. The van der Waals surface area contributed by atoms with Crippen molar-refractivity contribution in [3.63, 3.8) is 0 Å². The fraction of sp³-hybridized carbons (Fsp3) is 0.474. The number of aromatic nitrogens is 2. The lowest BCUT2D eigenvalue weighted by Crippen LogP contribution is -2.53. The summed E-state index contributed by atoms with van der Waals surface area (Å²) < 4.78 is 7.62. The molecule has 0 bridgehead atoms. The van der Waals surface area contributed by atoms with Gasteiger partial charge in [-0.15, -0.1) is 0 Å². The second kappa shape index (κ2) is 7.37. The molecule has 132 valence electrons. The van der Waals surface area contributed by atoms with E-state index in [1.54, 1.807) is 6.20 Å². The third kappa shape index (κ3) is 3.60. The number of nitrogens with zero attached hydrogens (tertiary/aromatic N) is 2. The van der Waals surface area contributed by atoms with Crippen LogP contribution in [0.3, 0.4) is 0 Å². The zero-order chi connectivity index (χ0) is 17.1. The number of morpholine rings is 1. The monoisotopic (exact) mass is 340 g/mol. The zero-order valence-electron chi connectivity index (χ0n) is 14.2. The number of hydrogen-bond donors (Lipinski definition) is 2. The molecule has 2 N–H and O–H groups in total. The van der Waals surface area contributed by atoms with E-state index in [4.69, 9.17) is 4.74 Å². The molecule has 0 spiro atoms. The molecule has 0 unspecified atom stereocenters. The molecule has 2 heterocycles. The number of rotatable bonds is 4. The van der Waals surface area contributed by atoms with Crippen LogP contribution >= 0.6 is 0 Å². The van der Waals surface area contributed by atoms with E-state index in [0.717, 1.165) is 43.7 Å². The van der Waals surface area contributed by atoms with Gasteiger partial charge in [-0.3, -0.25) is 4.79 Å². The van der Waals surface area contributed by atoms with Crippen molar-refractivity contribution in [2.45, 2.75) is 38.0 Å². The molecule has 2 fully saturated rings. The van der Waals surface area contributed by atoms with Gasteiger partial charge in [0.05, 0.1) is 18.4 Å². The molecule has 6 nitrogen and oxygen atoms in total. The van der Waals surface area contributed by atoms with E-state index < -0.39 is 0 Å². The zero-order valence-corrected chi connectivity index (χ0v) is 14.2. The van der Waals surface area contributed by atoms with Crippen LogP contribution in [0.15, 0.2) is 42.7 Å². The smallest absolute Gasteiger partial charge is 0.223 e. The SMILES string of the molecule is O=C(NCc1ccccc1-n1cccn1)[C@H]1CC[C@H]2OCCN[C@@H]2C1. The molecule has 3 atom stereocenters. The molecule has 1 aliphatic heterocycles. The van der Waals surface area contributed by atoms with Gasteiger partial charge in [-0.25, -0.2) is 4.68 Å². The van der Waals surface area contributed by atoms with Crippen LogP contribution in [0.1, 0.15) is 24.8 Å². The van der Waals surface area contributed by atoms with E-state index in [0.29, 0.717) is 12.6 Å². The Bertz CT molecular complexity index is 716. The maximum absolute atomic E-state index is 12.6. The number of para-hydroxylation sites is 1. The summed E-state index contributed by atoms with van der Waals surface area (Å²) in [5.41, 5.74) is 2.06. The lowest BCUT2D eigenvalue weighted by Gasteiger charge is -2.39. The molecule has 1 saturated heterocycles. The summed E-state index contributed by atoms with van der Waals surface area (Å²) in [4.78, 5) is 12.6. The van der Waals surface area contributed by atoms with E-state index in [2.05, 4.69) is 15.7 Å². The van der Waals surface area contributed by atoms with Crippen molar-refractivity contribution in [1.29, 1.82) is 0 Å². The van der Waals surface area contributed by atoms with Crippen LogP contribution in [0.5, 0.6) is 0 Å². The van der Waals surface area contributed by atoms with Gasteiger partial charge in [0.1, 0.15) is 0 Å². The lowest BCUT2D eigenvalue weighted by molar-refractivity contribution is -0.128. The number of carbonyl (C=O) groups is 1. The molecule has 1 saturated carbocycles. The Morgan fingerprint density at radius 3 is 3.12 bits per heavy atom. The molecule has 1 amide bonds. The first kappa shape index (κ1) is 16.3. The summed E-state index contributed by atoms with van der Waals surface area (Å²) >= 11 is 0. The highest BCUT2D eigenvalue weighted by Crippen LogP contribution is 2.28. The lowest BCUT2D eigenvalue weighted by atomic mass is 9.82. The fourth-order valence-electron chi connectivity index (χ4n) is 3.87. The Kier molecular flexibility index (Phi) is 4.81. The number of amides is 1. The van der Waals surface area contributed by atoms with E-state index in [9.17, 15) is 4.79 Å². The summed E-state index contributed by atoms with van der Waals surface area (Å²) in [6.45, 7) is 2.18. The predicted molar refractivity (Wildman–Crippen MR) is 94.3 cm³/mol. The largest absolute Gasteiger partial charge is 0.375 e. The first-order valence-corrected chi connectivity index (χ1v) is 9.02. The topological polar surface area (TPSA) is 68.2 Å². The van der Waals surface area contributed by atoms with Gasteiger partial charge in [0.25, 0.3) is 0 Å². The van der Waals surface area contributed by atoms with Crippen molar-refractivity contribution in [2.75, 3.05) is 13.2 Å². The molecule has 2 aromatic rings. The molecule has 1 aromatic carbocycles. The highest BCUT2D eigenvalue weighted by atomic mass is 16.5. The van der Waals surface area contributed by atoms with Gasteiger partial charge >= 0.3 is 0 Å². The average Bonchev–Trinajstić information content (AvgIpc) is 3.20. The summed E-state index contributed by atoms with van der Waals surface area (Å²) in [7, 11) is 0. The van der Waals surface area contributed by atoms with E-state index in [1.807, 2.05) is 41.2 Å². The van der Waals surface area contributed by atoms with Gasteiger partial charge in [-0.1, -0.05) is 18.2 Å². The van der Waals surface area contributed by atoms with Crippen LogP contribution in [-0.2, 0) is 16.1 Å². The maximum Gasteiger partial charge on any atom is 0.223 e. The minimum absolute atomic E-state index is 0.0623. The molecule has 2 aliphatic rings. The molecule has 1 aromatic heterocycles. The third-order valence-electron chi connectivity index (χ3n) is 5.19. The number of benzene rings is 1. The van der Waals surface area contributed by atoms with Crippen LogP contribution < -0.4 is 10.6 Å². The summed E-state index contributed by atoms with van der Waals surface area (Å²) in [6, 6.07) is 10.2. The van der Waals surface area contributed by atoms with Crippen molar-refractivity contribution in [1.82, 2.24) is 20.4 Å². The van der Waals surface area contributed by atoms with Crippen molar-refractivity contribution in [2.24, 2.45) is 5.92 Å². The van der Waals surface area contributed by atoms with Gasteiger partial charge in [-0.05, 0) is 37.0 Å². The van der Waals surface area contributed by atoms with Crippen molar-refractivity contribution < 1.29 is 9.53 Å². The highest BCUT2D eigenvalue weighted by molar-refractivity contribution is 5.79. The van der Waals surface area contributed by atoms with E-state index >= 15 is 0 Å². The highest BCUT2D eigenvalue weighted by Gasteiger charge is 2.35. The van der Waals surface area contributed by atoms with Crippen LogP contribution in [0.4, 0.5) is 0 Å². The van der Waals surface area contributed by atoms with Gasteiger partial charge in [0.2, 0.25) is 5.91 Å². The van der Waals surface area contributed by atoms with E-state index in [1.165, 1.54) is 0 Å². The average molecular weight is 340 g/mol. The van der Waals surface area contributed by atoms with Gasteiger partial charge < -0.3 is 15.4 Å². The first-order valence-electron chi connectivity index (χ1n) is 9.02. The molecule has 1 aliphatic carbocycles. The Hall–Kier alpha value is -2.18. The minimum Gasteiger partial charge on any atom is -0.375 e. The van der Waals surface area contributed by atoms with Crippen LogP contribution in [0, 0.1) is 5.92 Å². The minimum atomic E-state index is 0.0623. The molecular formula is C19H24N4O2. The van der Waals surface area contributed by atoms with Gasteiger partial charge in [0, 0.05) is 37.4 Å². The Morgan fingerprint density at radius 2 is 2.24 bits per heavy atom. The third-order valence-corrected chi connectivity index (χ3v) is 5.19. The standard InChI is InChI=1S/C19H24N4O2/c24-19(14-6-7-18-16(12-14)20-9-11-25-18)21-13-15-4-1-2-5-17(15)23-10-3-8-22-23/h1-5,8,10,14,16,18,20H,6-7,9,11-13H2,(H,21,24)/t14-,16+,18+/m0/s1. The van der Waals surface area contributed by atoms with Crippen LogP contribution in [-0.4, -0.2) is 41.0 Å². The quantitative estimate of drug-likeness (QED) is 0.888. The summed E-state index contributed by atoms with van der Waals surface area (Å²) in [5, 5.41) is 10.9. The van der Waals surface area contributed by atoms with Gasteiger partial charge in [0.15, 0.2) is 0 Å². The van der Waals surface area contributed by atoms with Gasteiger partial charge in [-0.2, -0.15) is 5.10 Å². The van der Waals surface area contributed by atoms with Crippen molar-refractivity contribution in [3.05, 3.63) is 48.3 Å². The normalized spacial score (nSPS) is 26.0. The fourth-order valence-corrected chi connectivity index (χ4v) is 3.87. The van der Waals surface area contributed by atoms with Crippen molar-refractivity contribution >= 4 is 5.91 Å². The van der Waals surface area contributed by atoms with Crippen LogP contribution in [0.2, 0.25) is 0 Å². The number of fused-ring (bicyclic) bond motifs is 1. The predicted octanol–water partition coefficient (Wildman–Crippen LogP) is 1.65. The van der Waals surface area contributed by atoms with Crippen LogP contribution in [0.25, 0.3) is 5.69 Å². The Morgan fingerprint density at radius 1 is 1.32 bits per heavy atom. The molecule has 0 radical (unpaired) electrons. The number of carbonyl (C=O) groups excluding carboxylic acids is 1. The number of hydrogen-bond acceptors (Lipinski definition) is 4. The molecule has 4 rings (SSSR count). The molecule has 25 heavy (non-hydrogen) atoms. The first-order chi connectivity index (χ1) is 12.3. The van der Waals surface area contributed by atoms with Crippen molar-refractivity contribution in [3.8, 4) is 5.69 Å². The molecule has 6 heteroatoms. The second-order valence-electron chi connectivity index (χ2n) is 6.78. The Balaban J connectivity index is 1.38. The molecular weight excluding hydrogens is 316 g/mol. The maximum atomic E-state index is 12.6. The summed E-state index contributed by atoms with van der Waals surface area (Å²) in [6.07, 6.45) is 6.66. The van der Waals surface area contributed by atoms with E-state index in [-0.39, 0.29) is 17.9 Å². The summed E-state index contributed by atoms with van der Waals surface area (Å²) in [5.74, 6) is 0.202. The number of nitrogens with one attached hydrogen (secondary N) is 2. The second-order valence-corrected chi connectivity index (χ2v) is 6.78. The Labute approximate surface area is 147 Å².